The third-order valence-electron chi connectivity index (χ3n) is 8.23. The number of ether oxygens (including phenoxy) is 2. The lowest BCUT2D eigenvalue weighted by Crippen LogP contribution is -2.34. The summed E-state index contributed by atoms with van der Waals surface area (Å²) in [6.45, 7) is 3.64. The zero-order valence-corrected chi connectivity index (χ0v) is 21.1. The molecule has 2 aromatic carbocycles. The van der Waals surface area contributed by atoms with Crippen LogP contribution < -0.4 is 9.47 Å². The van der Waals surface area contributed by atoms with Crippen LogP contribution in [0.5, 0.6) is 11.5 Å². The fraction of sp³-hybridized carbons (Fsp3) is 0.536. The summed E-state index contributed by atoms with van der Waals surface area (Å²) in [5, 5.41) is 16.0. The zero-order chi connectivity index (χ0) is 24.6. The summed E-state index contributed by atoms with van der Waals surface area (Å²) in [6, 6.07) is 8.66. The maximum Gasteiger partial charge on any atom is 0.200 e. The van der Waals surface area contributed by atoms with E-state index < -0.39 is 6.29 Å². The lowest BCUT2D eigenvalue weighted by atomic mass is 9.85. The van der Waals surface area contributed by atoms with Crippen molar-refractivity contribution in [1.82, 2.24) is 10.1 Å². The molecular weight excluding hydrogens is 483 g/mol. The number of aromatic nitrogens is 1. The first-order valence-corrected chi connectivity index (χ1v) is 13.5. The highest BCUT2D eigenvalue weighted by molar-refractivity contribution is 6.33. The zero-order valence-electron chi connectivity index (χ0n) is 20.3. The van der Waals surface area contributed by atoms with Crippen molar-refractivity contribution >= 4 is 22.6 Å². The van der Waals surface area contributed by atoms with E-state index in [2.05, 4.69) is 16.1 Å². The van der Waals surface area contributed by atoms with Crippen molar-refractivity contribution in [3.63, 3.8) is 0 Å². The summed E-state index contributed by atoms with van der Waals surface area (Å²) < 4.78 is 30.6. The highest BCUT2D eigenvalue weighted by Gasteiger charge is 2.41. The predicted molar refractivity (Wildman–Crippen MR) is 135 cm³/mol. The normalized spacial score (nSPS) is 24.5. The smallest absolute Gasteiger partial charge is 0.200 e. The van der Waals surface area contributed by atoms with E-state index in [0.717, 1.165) is 81.2 Å². The molecule has 6 nitrogen and oxygen atoms in total. The Bertz CT molecular complexity index is 1230. The molecule has 1 aromatic heterocycles. The Labute approximate surface area is 215 Å². The molecule has 1 saturated carbocycles. The molecule has 192 valence electrons. The summed E-state index contributed by atoms with van der Waals surface area (Å²) in [5.74, 6) is 1.77. The summed E-state index contributed by atoms with van der Waals surface area (Å²) in [6.07, 6.45) is 6.41. The van der Waals surface area contributed by atoms with Gasteiger partial charge in [0.1, 0.15) is 22.3 Å². The monoisotopic (exact) mass is 514 g/mol. The molecule has 3 unspecified atom stereocenters. The van der Waals surface area contributed by atoms with E-state index in [1.54, 1.807) is 6.07 Å². The predicted octanol–water partition coefficient (Wildman–Crippen LogP) is 6.25. The van der Waals surface area contributed by atoms with Gasteiger partial charge in [0.2, 0.25) is 6.29 Å². The molecule has 3 aliphatic rings. The molecule has 6 rings (SSSR count). The second-order valence-electron chi connectivity index (χ2n) is 10.4. The summed E-state index contributed by atoms with van der Waals surface area (Å²) in [7, 11) is 0. The molecule has 3 aromatic rings. The number of aliphatic hydroxyl groups is 1. The highest BCUT2D eigenvalue weighted by atomic mass is 35.5. The van der Waals surface area contributed by atoms with Crippen molar-refractivity contribution < 1.29 is 23.5 Å². The van der Waals surface area contributed by atoms with E-state index in [1.807, 2.05) is 6.07 Å². The molecule has 0 amide bonds. The molecule has 2 aliphatic heterocycles. The van der Waals surface area contributed by atoms with E-state index in [0.29, 0.717) is 40.5 Å². The topological polar surface area (TPSA) is 68.0 Å². The molecule has 2 fully saturated rings. The van der Waals surface area contributed by atoms with Gasteiger partial charge >= 0.3 is 0 Å². The first-order chi connectivity index (χ1) is 17.6. The van der Waals surface area contributed by atoms with Gasteiger partial charge in [0, 0.05) is 23.3 Å². The number of halogens is 2. The minimum Gasteiger partial charge on any atom is -0.492 e. The third kappa shape index (κ3) is 4.57. The molecule has 3 atom stereocenters. The van der Waals surface area contributed by atoms with Crippen molar-refractivity contribution in [1.29, 1.82) is 0 Å². The van der Waals surface area contributed by atoms with Crippen molar-refractivity contribution in [2.75, 3.05) is 26.2 Å². The van der Waals surface area contributed by atoms with Gasteiger partial charge < -0.3 is 24.0 Å². The minimum absolute atomic E-state index is 0.172. The van der Waals surface area contributed by atoms with Gasteiger partial charge in [-0.3, -0.25) is 0 Å². The van der Waals surface area contributed by atoms with Gasteiger partial charge in [-0.15, -0.1) is 0 Å². The Balaban J connectivity index is 0.959. The van der Waals surface area contributed by atoms with Crippen molar-refractivity contribution in [3.05, 3.63) is 52.4 Å². The number of likely N-dealkylation sites (tertiary alicyclic amines) is 1. The van der Waals surface area contributed by atoms with E-state index in [4.69, 9.17) is 25.6 Å². The number of hydrogen-bond acceptors (Lipinski definition) is 6. The molecule has 36 heavy (non-hydrogen) atoms. The van der Waals surface area contributed by atoms with Gasteiger partial charge in [-0.25, -0.2) is 4.39 Å². The van der Waals surface area contributed by atoms with Crippen molar-refractivity contribution in [2.45, 2.75) is 63.1 Å². The fourth-order valence-electron chi connectivity index (χ4n) is 6.28. The summed E-state index contributed by atoms with van der Waals surface area (Å²) in [4.78, 5) is 2.48. The van der Waals surface area contributed by atoms with Crippen LogP contribution in [-0.4, -0.2) is 47.7 Å². The molecule has 0 bridgehead atoms. The second kappa shape index (κ2) is 10.2. The molecule has 3 heterocycles. The van der Waals surface area contributed by atoms with E-state index in [1.165, 1.54) is 12.1 Å². The van der Waals surface area contributed by atoms with Gasteiger partial charge in [-0.1, -0.05) is 29.2 Å². The van der Waals surface area contributed by atoms with Crippen molar-refractivity contribution in [3.8, 4) is 11.5 Å². The summed E-state index contributed by atoms with van der Waals surface area (Å²) >= 11 is 6.62. The van der Waals surface area contributed by atoms with Gasteiger partial charge in [0.25, 0.3) is 0 Å². The van der Waals surface area contributed by atoms with Gasteiger partial charge in [-0.05, 0) is 87.8 Å². The number of piperidine rings is 1. The molecule has 1 saturated heterocycles. The average molecular weight is 515 g/mol. The molecule has 0 radical (unpaired) electrons. The number of rotatable bonds is 7. The van der Waals surface area contributed by atoms with Gasteiger partial charge in [0.05, 0.1) is 12.3 Å². The van der Waals surface area contributed by atoms with Crippen LogP contribution in [-0.2, 0) is 0 Å². The molecule has 1 N–H and O–H groups in total. The van der Waals surface area contributed by atoms with E-state index in [-0.39, 0.29) is 11.7 Å². The number of benzene rings is 2. The Hall–Kier alpha value is -2.35. The lowest BCUT2D eigenvalue weighted by Gasteiger charge is -2.33. The maximum atomic E-state index is 13.4. The van der Waals surface area contributed by atoms with Crippen molar-refractivity contribution in [2.24, 2.45) is 5.92 Å². The van der Waals surface area contributed by atoms with Crippen LogP contribution in [0.2, 0.25) is 5.02 Å². The van der Waals surface area contributed by atoms with Crippen LogP contribution in [0, 0.1) is 11.7 Å². The molecule has 8 heteroatoms. The maximum absolute atomic E-state index is 13.4. The average Bonchev–Trinajstić information content (AvgIpc) is 3.54. The lowest BCUT2D eigenvalue weighted by molar-refractivity contribution is -0.0767. The first kappa shape index (κ1) is 24.0. The number of aliphatic hydroxyl groups excluding tert-OH is 1. The highest BCUT2D eigenvalue weighted by Crippen LogP contribution is 2.52. The van der Waals surface area contributed by atoms with Crippen LogP contribution in [0.1, 0.15) is 68.0 Å². The fourth-order valence-corrected chi connectivity index (χ4v) is 6.55. The third-order valence-corrected chi connectivity index (χ3v) is 8.59. The van der Waals surface area contributed by atoms with E-state index >= 15 is 0 Å². The molecular formula is C28H32ClFN2O4. The Kier molecular flexibility index (Phi) is 6.80. The standard InChI is InChI=1S/C28H32ClFN2O4/c29-25-23(9-8-20-19-4-3-5-21(19)28(33)35-27(20)25)34-15-2-1-12-32-13-10-17(11-14-32)26-22-7-6-18(30)16-24(22)36-31-26/h6-9,16-17,19,21,28,33H,1-5,10-15H2. The molecule has 0 spiro atoms. The van der Waals surface area contributed by atoms with Crippen LogP contribution in [0.15, 0.2) is 34.9 Å². The van der Waals surface area contributed by atoms with E-state index in [9.17, 15) is 9.50 Å². The minimum atomic E-state index is -0.784. The Morgan fingerprint density at radius 3 is 2.83 bits per heavy atom. The van der Waals surface area contributed by atoms with Gasteiger partial charge in [0.15, 0.2) is 5.58 Å². The first-order valence-electron chi connectivity index (χ1n) is 13.2. The quantitative estimate of drug-likeness (QED) is 0.376. The largest absolute Gasteiger partial charge is 0.492 e. The summed E-state index contributed by atoms with van der Waals surface area (Å²) in [5.41, 5.74) is 2.59. The number of unbranched alkanes of at least 4 members (excludes halogenated alkanes) is 1. The SMILES string of the molecule is OC1Oc2c(ccc(OCCCCN3CCC(c4noc5cc(F)ccc45)CC3)c2Cl)C2CCCC12. The van der Waals surface area contributed by atoms with Crippen LogP contribution >= 0.6 is 11.6 Å². The number of fused-ring (bicyclic) bond motifs is 4. The second-order valence-corrected chi connectivity index (χ2v) is 10.8. The van der Waals surface area contributed by atoms with Crippen LogP contribution in [0.25, 0.3) is 11.0 Å². The number of hydrogen-bond donors (Lipinski definition) is 1. The Morgan fingerprint density at radius 1 is 1.11 bits per heavy atom. The number of nitrogens with zero attached hydrogens (tertiary/aromatic N) is 2. The Morgan fingerprint density at radius 2 is 1.97 bits per heavy atom. The van der Waals surface area contributed by atoms with Gasteiger partial charge in [-0.2, -0.15) is 0 Å². The van der Waals surface area contributed by atoms with Crippen LogP contribution in [0.4, 0.5) is 4.39 Å². The van der Waals surface area contributed by atoms with Crippen LogP contribution in [0.3, 0.4) is 0 Å². The molecule has 1 aliphatic carbocycles.